The molecule has 1 nitrogen and oxygen atoms in total. The average Bonchev–Trinajstić information content (AvgIpc) is 2.18. The van der Waals surface area contributed by atoms with Crippen molar-refractivity contribution in [3.63, 3.8) is 0 Å². The molecule has 0 rings (SSSR count). The summed E-state index contributed by atoms with van der Waals surface area (Å²) in [6, 6.07) is 0. The van der Waals surface area contributed by atoms with Crippen LogP contribution in [0.15, 0.2) is 36.6 Å². The van der Waals surface area contributed by atoms with E-state index in [0.29, 0.717) is 0 Å². The average molecular weight is 189 g/mol. The van der Waals surface area contributed by atoms with Crippen LogP contribution in [0.4, 0.5) is 0 Å². The van der Waals surface area contributed by atoms with Crippen molar-refractivity contribution in [2.45, 2.75) is 20.3 Å². The van der Waals surface area contributed by atoms with Crippen molar-refractivity contribution in [1.29, 1.82) is 0 Å². The topological polar surface area (TPSA) is 3.24 Å². The SMILES string of the molecule is C#C/C(C)=C\C(=C)N(CC)CCC=C. The molecule has 0 aromatic rings. The summed E-state index contributed by atoms with van der Waals surface area (Å²) in [6.45, 7) is 13.6. The molecule has 0 saturated carbocycles. The zero-order valence-electron chi connectivity index (χ0n) is 9.21. The van der Waals surface area contributed by atoms with E-state index >= 15 is 0 Å². The van der Waals surface area contributed by atoms with Gasteiger partial charge in [-0.1, -0.05) is 18.6 Å². The highest BCUT2D eigenvalue weighted by Gasteiger charge is 2.01. The first-order valence-electron chi connectivity index (χ1n) is 4.85. The zero-order valence-corrected chi connectivity index (χ0v) is 9.21. The highest BCUT2D eigenvalue weighted by atomic mass is 15.1. The van der Waals surface area contributed by atoms with Gasteiger partial charge in [-0.3, -0.25) is 0 Å². The van der Waals surface area contributed by atoms with E-state index < -0.39 is 0 Å². The Morgan fingerprint density at radius 1 is 1.57 bits per heavy atom. The summed E-state index contributed by atoms with van der Waals surface area (Å²) in [5, 5.41) is 0. The van der Waals surface area contributed by atoms with E-state index in [9.17, 15) is 0 Å². The Balaban J connectivity index is 4.32. The molecule has 0 N–H and O–H groups in total. The molecule has 1 heteroatoms. The lowest BCUT2D eigenvalue weighted by Gasteiger charge is -2.22. The maximum absolute atomic E-state index is 5.27. The minimum absolute atomic E-state index is 0.909. The molecular weight excluding hydrogens is 170 g/mol. The van der Waals surface area contributed by atoms with E-state index in [4.69, 9.17) is 6.42 Å². The van der Waals surface area contributed by atoms with Crippen LogP contribution in [0.1, 0.15) is 20.3 Å². The molecule has 0 heterocycles. The van der Waals surface area contributed by atoms with E-state index in [-0.39, 0.29) is 0 Å². The van der Waals surface area contributed by atoms with Gasteiger partial charge in [0.2, 0.25) is 0 Å². The first kappa shape index (κ1) is 12.6. The van der Waals surface area contributed by atoms with E-state index in [0.717, 1.165) is 30.8 Å². The number of nitrogens with zero attached hydrogens (tertiary/aromatic N) is 1. The molecule has 0 atom stereocenters. The summed E-state index contributed by atoms with van der Waals surface area (Å²) in [6.07, 6.45) is 10.1. The Kier molecular flexibility index (Phi) is 6.32. The number of hydrogen-bond donors (Lipinski definition) is 0. The Morgan fingerprint density at radius 2 is 2.21 bits per heavy atom. The maximum atomic E-state index is 5.27. The van der Waals surface area contributed by atoms with Crippen molar-refractivity contribution in [2.75, 3.05) is 13.1 Å². The van der Waals surface area contributed by atoms with E-state index in [2.05, 4.69) is 30.9 Å². The van der Waals surface area contributed by atoms with Crippen molar-refractivity contribution in [3.05, 3.63) is 36.6 Å². The molecule has 0 spiro atoms. The lowest BCUT2D eigenvalue weighted by Crippen LogP contribution is -2.22. The van der Waals surface area contributed by atoms with Crippen LogP contribution in [0.3, 0.4) is 0 Å². The quantitative estimate of drug-likeness (QED) is 0.353. The van der Waals surface area contributed by atoms with Gasteiger partial charge in [0.15, 0.2) is 0 Å². The predicted octanol–water partition coefficient (Wildman–Crippen LogP) is 2.98. The van der Waals surface area contributed by atoms with Crippen LogP contribution in [-0.2, 0) is 0 Å². The largest absolute Gasteiger partial charge is 0.372 e. The molecule has 0 aliphatic carbocycles. The minimum atomic E-state index is 0.909. The van der Waals surface area contributed by atoms with Gasteiger partial charge in [-0.15, -0.1) is 13.0 Å². The van der Waals surface area contributed by atoms with Gasteiger partial charge >= 0.3 is 0 Å². The number of rotatable bonds is 6. The van der Waals surface area contributed by atoms with Gasteiger partial charge in [-0.2, -0.15) is 0 Å². The Labute approximate surface area is 87.8 Å². The number of terminal acetylenes is 1. The molecule has 0 aromatic carbocycles. The summed E-state index contributed by atoms with van der Waals surface area (Å²) in [5.41, 5.74) is 1.89. The number of allylic oxidation sites excluding steroid dienone is 2. The maximum Gasteiger partial charge on any atom is 0.0302 e. The van der Waals surface area contributed by atoms with Crippen molar-refractivity contribution >= 4 is 0 Å². The third-order valence-corrected chi connectivity index (χ3v) is 2.00. The Bertz CT molecular complexity index is 265. The molecule has 0 unspecified atom stereocenters. The number of hydrogen-bond acceptors (Lipinski definition) is 1. The van der Waals surface area contributed by atoms with Gasteiger partial charge in [0, 0.05) is 24.4 Å². The first-order valence-corrected chi connectivity index (χ1v) is 4.85. The molecule has 0 aliphatic rings. The molecule has 14 heavy (non-hydrogen) atoms. The van der Waals surface area contributed by atoms with Gasteiger partial charge in [-0.05, 0) is 26.3 Å². The van der Waals surface area contributed by atoms with Crippen LogP contribution in [-0.4, -0.2) is 18.0 Å². The molecule has 0 aromatic heterocycles. The van der Waals surface area contributed by atoms with E-state index in [1.807, 2.05) is 19.1 Å². The first-order chi connectivity index (χ1) is 6.65. The molecule has 76 valence electrons. The fourth-order valence-corrected chi connectivity index (χ4v) is 1.13. The number of likely N-dealkylation sites (N-methyl/N-ethyl adjacent to an activating group) is 1. The van der Waals surface area contributed by atoms with E-state index in [1.54, 1.807) is 0 Å². The molecule has 0 radical (unpaired) electrons. The van der Waals surface area contributed by atoms with Crippen LogP contribution < -0.4 is 0 Å². The second-order valence-corrected chi connectivity index (χ2v) is 3.12. The predicted molar refractivity (Wildman–Crippen MR) is 63.8 cm³/mol. The van der Waals surface area contributed by atoms with Crippen molar-refractivity contribution in [2.24, 2.45) is 0 Å². The van der Waals surface area contributed by atoms with Crippen LogP contribution >= 0.6 is 0 Å². The lowest BCUT2D eigenvalue weighted by molar-refractivity contribution is 0.382. The van der Waals surface area contributed by atoms with Crippen LogP contribution in [0.2, 0.25) is 0 Å². The minimum Gasteiger partial charge on any atom is -0.372 e. The molecule has 0 bridgehead atoms. The Hall–Kier alpha value is -1.42. The lowest BCUT2D eigenvalue weighted by atomic mass is 10.2. The van der Waals surface area contributed by atoms with Gasteiger partial charge < -0.3 is 4.90 Å². The molecule has 0 aliphatic heterocycles. The molecule has 0 saturated heterocycles. The normalized spacial score (nSPS) is 10.5. The highest BCUT2D eigenvalue weighted by Crippen LogP contribution is 2.07. The van der Waals surface area contributed by atoms with Gasteiger partial charge in [0.1, 0.15) is 0 Å². The zero-order chi connectivity index (χ0) is 11.0. The molecule has 0 fully saturated rings. The third-order valence-electron chi connectivity index (χ3n) is 2.00. The van der Waals surface area contributed by atoms with Gasteiger partial charge in [0.25, 0.3) is 0 Å². The summed E-state index contributed by atoms with van der Waals surface area (Å²) in [5.74, 6) is 2.58. The fourth-order valence-electron chi connectivity index (χ4n) is 1.13. The van der Waals surface area contributed by atoms with Crippen LogP contribution in [0, 0.1) is 12.3 Å². The highest BCUT2D eigenvalue weighted by molar-refractivity contribution is 5.30. The summed E-state index contributed by atoms with van der Waals surface area (Å²) in [4.78, 5) is 2.18. The van der Waals surface area contributed by atoms with Crippen molar-refractivity contribution < 1.29 is 0 Å². The van der Waals surface area contributed by atoms with Crippen LogP contribution in [0.25, 0.3) is 0 Å². The monoisotopic (exact) mass is 189 g/mol. The smallest absolute Gasteiger partial charge is 0.0302 e. The Morgan fingerprint density at radius 3 is 2.64 bits per heavy atom. The van der Waals surface area contributed by atoms with Crippen molar-refractivity contribution in [3.8, 4) is 12.3 Å². The second-order valence-electron chi connectivity index (χ2n) is 3.12. The molecule has 0 amide bonds. The second kappa shape index (κ2) is 7.03. The van der Waals surface area contributed by atoms with Gasteiger partial charge in [0.05, 0.1) is 0 Å². The summed E-state index contributed by atoms with van der Waals surface area (Å²) >= 11 is 0. The van der Waals surface area contributed by atoms with Gasteiger partial charge in [-0.25, -0.2) is 0 Å². The third kappa shape index (κ3) is 4.57. The van der Waals surface area contributed by atoms with Crippen molar-refractivity contribution in [1.82, 2.24) is 4.90 Å². The molecular formula is C13H19N. The fraction of sp³-hybridized carbons (Fsp3) is 0.385. The standard InChI is InChI=1S/C13H19N/c1-6-9-10-14(8-3)13(5)11-12(4)7-2/h2,6,11H,1,5,8-10H2,3-4H3/b12-11-. The summed E-state index contributed by atoms with van der Waals surface area (Å²) in [7, 11) is 0. The van der Waals surface area contributed by atoms with Crippen LogP contribution in [0.5, 0.6) is 0 Å². The van der Waals surface area contributed by atoms with E-state index in [1.165, 1.54) is 0 Å². The summed E-state index contributed by atoms with van der Waals surface area (Å²) < 4.78 is 0.